The molecule has 1 aliphatic carbocycles. The van der Waals surface area contributed by atoms with Crippen molar-refractivity contribution >= 4 is 16.8 Å². The Morgan fingerprint density at radius 1 is 1.40 bits per heavy atom. The van der Waals surface area contributed by atoms with Crippen molar-refractivity contribution < 1.29 is 0 Å². The number of fused-ring (bicyclic) bond motifs is 3. The SMILES string of the molecule is CC1(C)C[C@H](N)C[C@H]1c1nnc2cnc3[nH]ccc3n12. The van der Waals surface area contributed by atoms with Gasteiger partial charge in [0.1, 0.15) is 5.82 Å². The lowest BCUT2D eigenvalue weighted by molar-refractivity contribution is 0.319. The quantitative estimate of drug-likeness (QED) is 0.706. The van der Waals surface area contributed by atoms with Crippen LogP contribution in [0.15, 0.2) is 18.5 Å². The Kier molecular flexibility index (Phi) is 2.24. The predicted molar refractivity (Wildman–Crippen MR) is 76.4 cm³/mol. The molecule has 0 spiro atoms. The van der Waals surface area contributed by atoms with Crippen LogP contribution in [0.4, 0.5) is 0 Å². The fourth-order valence-electron chi connectivity index (χ4n) is 3.60. The summed E-state index contributed by atoms with van der Waals surface area (Å²) in [4.78, 5) is 7.49. The number of nitrogens with one attached hydrogen (secondary N) is 1. The average molecular weight is 270 g/mol. The molecule has 6 nitrogen and oxygen atoms in total. The van der Waals surface area contributed by atoms with E-state index < -0.39 is 0 Å². The molecule has 0 aliphatic heterocycles. The first kappa shape index (κ1) is 11.8. The number of nitrogens with two attached hydrogens (primary N) is 1. The molecule has 6 heteroatoms. The zero-order chi connectivity index (χ0) is 13.9. The molecular weight excluding hydrogens is 252 g/mol. The minimum absolute atomic E-state index is 0.147. The minimum Gasteiger partial charge on any atom is -0.345 e. The van der Waals surface area contributed by atoms with E-state index in [0.29, 0.717) is 5.92 Å². The Morgan fingerprint density at radius 3 is 3.00 bits per heavy atom. The lowest BCUT2D eigenvalue weighted by Gasteiger charge is -2.25. The van der Waals surface area contributed by atoms with Crippen molar-refractivity contribution in [3.63, 3.8) is 0 Å². The van der Waals surface area contributed by atoms with Gasteiger partial charge in [-0.05, 0) is 24.3 Å². The van der Waals surface area contributed by atoms with Gasteiger partial charge in [-0.25, -0.2) is 4.98 Å². The zero-order valence-corrected chi connectivity index (χ0v) is 11.7. The van der Waals surface area contributed by atoms with Gasteiger partial charge >= 0.3 is 0 Å². The predicted octanol–water partition coefficient (Wildman–Crippen LogP) is 1.84. The van der Waals surface area contributed by atoms with Crippen LogP contribution in [0, 0.1) is 5.41 Å². The van der Waals surface area contributed by atoms with Gasteiger partial charge in [0.15, 0.2) is 11.3 Å². The molecule has 1 aliphatic rings. The summed E-state index contributed by atoms with van der Waals surface area (Å²) in [7, 11) is 0. The number of aromatic amines is 1. The Labute approximate surface area is 116 Å². The number of nitrogens with zero attached hydrogens (tertiary/aromatic N) is 4. The third-order valence-corrected chi connectivity index (χ3v) is 4.55. The third-order valence-electron chi connectivity index (χ3n) is 4.55. The Balaban J connectivity index is 1.98. The van der Waals surface area contributed by atoms with Crippen molar-refractivity contribution in [2.75, 3.05) is 0 Å². The van der Waals surface area contributed by atoms with Crippen LogP contribution < -0.4 is 5.73 Å². The van der Waals surface area contributed by atoms with E-state index in [2.05, 4.69) is 38.4 Å². The number of H-pyrrole nitrogens is 1. The molecule has 0 amide bonds. The van der Waals surface area contributed by atoms with Crippen LogP contribution >= 0.6 is 0 Å². The summed E-state index contributed by atoms with van der Waals surface area (Å²) in [5.41, 5.74) is 9.00. The molecule has 3 aromatic rings. The normalized spacial score (nSPS) is 25.8. The Hall–Kier alpha value is -1.95. The highest BCUT2D eigenvalue weighted by Crippen LogP contribution is 2.47. The van der Waals surface area contributed by atoms with Gasteiger partial charge in [-0.15, -0.1) is 10.2 Å². The van der Waals surface area contributed by atoms with Crippen LogP contribution in [0.5, 0.6) is 0 Å². The number of rotatable bonds is 1. The molecular formula is C14H18N6. The van der Waals surface area contributed by atoms with Gasteiger partial charge in [0.05, 0.1) is 11.7 Å². The monoisotopic (exact) mass is 270 g/mol. The molecule has 0 radical (unpaired) electrons. The van der Waals surface area contributed by atoms with Crippen molar-refractivity contribution in [2.24, 2.45) is 11.1 Å². The first-order chi connectivity index (χ1) is 9.56. The summed E-state index contributed by atoms with van der Waals surface area (Å²) in [6, 6.07) is 2.26. The summed E-state index contributed by atoms with van der Waals surface area (Å²) < 4.78 is 2.11. The van der Waals surface area contributed by atoms with E-state index in [9.17, 15) is 0 Å². The largest absolute Gasteiger partial charge is 0.345 e. The fourth-order valence-corrected chi connectivity index (χ4v) is 3.60. The van der Waals surface area contributed by atoms with Crippen LogP contribution in [0.1, 0.15) is 38.4 Å². The van der Waals surface area contributed by atoms with Gasteiger partial charge in [0, 0.05) is 18.2 Å². The molecule has 3 aromatic heterocycles. The van der Waals surface area contributed by atoms with Crippen LogP contribution in [0.2, 0.25) is 0 Å². The molecule has 1 saturated carbocycles. The second kappa shape index (κ2) is 3.79. The van der Waals surface area contributed by atoms with Crippen LogP contribution in [0.25, 0.3) is 16.8 Å². The van der Waals surface area contributed by atoms with E-state index in [-0.39, 0.29) is 11.5 Å². The van der Waals surface area contributed by atoms with Crippen molar-refractivity contribution in [1.82, 2.24) is 24.6 Å². The van der Waals surface area contributed by atoms with Crippen LogP contribution in [-0.4, -0.2) is 30.6 Å². The van der Waals surface area contributed by atoms with Crippen LogP contribution in [-0.2, 0) is 0 Å². The second-order valence-corrected chi connectivity index (χ2v) is 6.46. The molecule has 0 saturated heterocycles. The van der Waals surface area contributed by atoms with Gasteiger partial charge in [-0.3, -0.25) is 4.40 Å². The average Bonchev–Trinajstić information content (AvgIpc) is 3.04. The summed E-state index contributed by atoms with van der Waals surface area (Å²) in [6.07, 6.45) is 5.64. The molecule has 4 rings (SSSR count). The van der Waals surface area contributed by atoms with Gasteiger partial charge < -0.3 is 10.7 Å². The molecule has 3 N–H and O–H groups in total. The molecule has 2 atom stereocenters. The standard InChI is InChI=1S/C14H18N6/c1-14(2)6-8(15)5-9(14)13-19-18-11-7-17-12-10(20(11)13)3-4-16-12/h3-4,7-9,16H,5-6,15H2,1-2H3/t8-,9+/m1/s1. The van der Waals surface area contributed by atoms with Gasteiger partial charge in [0.2, 0.25) is 0 Å². The van der Waals surface area contributed by atoms with Crippen molar-refractivity contribution in [1.29, 1.82) is 0 Å². The fraction of sp³-hybridized carbons (Fsp3) is 0.500. The highest BCUT2D eigenvalue weighted by molar-refractivity contribution is 5.74. The summed E-state index contributed by atoms with van der Waals surface area (Å²) in [5, 5.41) is 8.72. The summed E-state index contributed by atoms with van der Waals surface area (Å²) in [6.45, 7) is 4.53. The molecule has 3 heterocycles. The van der Waals surface area contributed by atoms with E-state index in [1.54, 1.807) is 6.20 Å². The van der Waals surface area contributed by atoms with Crippen molar-refractivity contribution in [3.8, 4) is 0 Å². The lowest BCUT2D eigenvalue weighted by atomic mass is 9.81. The number of aromatic nitrogens is 5. The Bertz CT molecular complexity index is 783. The topological polar surface area (TPSA) is 84.9 Å². The second-order valence-electron chi connectivity index (χ2n) is 6.46. The molecule has 0 unspecified atom stereocenters. The summed E-state index contributed by atoms with van der Waals surface area (Å²) in [5.74, 6) is 1.33. The van der Waals surface area contributed by atoms with Crippen molar-refractivity contribution in [2.45, 2.75) is 38.6 Å². The maximum Gasteiger partial charge on any atom is 0.179 e. The zero-order valence-electron chi connectivity index (χ0n) is 11.7. The third kappa shape index (κ3) is 1.51. The lowest BCUT2D eigenvalue weighted by Crippen LogP contribution is -2.19. The molecule has 0 bridgehead atoms. The van der Waals surface area contributed by atoms with Gasteiger partial charge in [-0.2, -0.15) is 0 Å². The molecule has 104 valence electrons. The summed E-state index contributed by atoms with van der Waals surface area (Å²) >= 11 is 0. The smallest absolute Gasteiger partial charge is 0.179 e. The highest BCUT2D eigenvalue weighted by Gasteiger charge is 2.42. The first-order valence-corrected chi connectivity index (χ1v) is 6.99. The number of hydrogen-bond donors (Lipinski definition) is 2. The molecule has 20 heavy (non-hydrogen) atoms. The van der Waals surface area contributed by atoms with E-state index in [4.69, 9.17) is 5.73 Å². The van der Waals surface area contributed by atoms with Gasteiger partial charge in [0.25, 0.3) is 0 Å². The van der Waals surface area contributed by atoms with E-state index in [1.807, 2.05) is 12.3 Å². The molecule has 0 aromatic carbocycles. The van der Waals surface area contributed by atoms with Crippen LogP contribution in [0.3, 0.4) is 0 Å². The molecule has 1 fully saturated rings. The highest BCUT2D eigenvalue weighted by atomic mass is 15.3. The van der Waals surface area contributed by atoms with Gasteiger partial charge in [-0.1, -0.05) is 13.8 Å². The number of hydrogen-bond acceptors (Lipinski definition) is 4. The Morgan fingerprint density at radius 2 is 2.25 bits per heavy atom. The first-order valence-electron chi connectivity index (χ1n) is 6.99. The minimum atomic E-state index is 0.147. The van der Waals surface area contributed by atoms with E-state index in [1.165, 1.54) is 0 Å². The maximum atomic E-state index is 6.17. The van der Waals surface area contributed by atoms with Crippen molar-refractivity contribution in [3.05, 3.63) is 24.3 Å². The maximum absolute atomic E-state index is 6.17. The van der Waals surface area contributed by atoms with E-state index >= 15 is 0 Å². The van der Waals surface area contributed by atoms with E-state index in [0.717, 1.165) is 35.5 Å².